The first-order valence-electron chi connectivity index (χ1n) is 7.83. The number of carbonyl (C=O) groups excluding carboxylic acids is 1. The van der Waals surface area contributed by atoms with E-state index in [0.29, 0.717) is 30.5 Å². The van der Waals surface area contributed by atoms with Crippen LogP contribution in [-0.4, -0.2) is 17.0 Å². The van der Waals surface area contributed by atoms with E-state index in [0.717, 1.165) is 5.69 Å². The molecule has 122 valence electrons. The number of rotatable bonds is 5. The molecule has 0 saturated heterocycles. The van der Waals surface area contributed by atoms with E-state index in [4.69, 9.17) is 0 Å². The lowest BCUT2D eigenvalue weighted by atomic mass is 10.1. The average Bonchev–Trinajstić information content (AvgIpc) is 3.11. The zero-order valence-corrected chi connectivity index (χ0v) is 13.1. The molecule has 24 heavy (non-hydrogen) atoms. The number of aliphatic carboxylic acids is 1. The highest BCUT2D eigenvalue weighted by molar-refractivity contribution is 6.11. The molecule has 5 nitrogen and oxygen atoms in total. The van der Waals surface area contributed by atoms with Crippen LogP contribution in [-0.2, 0) is 9.59 Å². The number of hydrogen-bond acceptors (Lipinski definition) is 3. The Morgan fingerprint density at radius 3 is 2.08 bits per heavy atom. The van der Waals surface area contributed by atoms with E-state index in [1.165, 1.54) is 5.01 Å². The molecule has 1 amide bonds. The lowest BCUT2D eigenvalue weighted by Gasteiger charge is -2.25. The molecule has 0 saturated carbocycles. The van der Waals surface area contributed by atoms with E-state index in [9.17, 15) is 14.7 Å². The van der Waals surface area contributed by atoms with Gasteiger partial charge in [0.2, 0.25) is 0 Å². The van der Waals surface area contributed by atoms with E-state index in [1.54, 1.807) is 0 Å². The summed E-state index contributed by atoms with van der Waals surface area (Å²) in [7, 11) is 0. The second-order valence-corrected chi connectivity index (χ2v) is 5.57. The van der Waals surface area contributed by atoms with Gasteiger partial charge in [-0.25, -0.2) is 9.80 Å². The number of nitrogens with zero attached hydrogens (tertiary/aromatic N) is 1. The summed E-state index contributed by atoms with van der Waals surface area (Å²) in [4.78, 5) is 24.4. The Labute approximate surface area is 140 Å². The Morgan fingerprint density at radius 2 is 1.46 bits per heavy atom. The second kappa shape index (κ2) is 7.00. The van der Waals surface area contributed by atoms with Gasteiger partial charge in [0, 0.05) is 11.1 Å². The monoisotopic (exact) mass is 322 g/mol. The molecule has 0 fully saturated rings. The first-order valence-corrected chi connectivity index (χ1v) is 7.83. The van der Waals surface area contributed by atoms with Crippen molar-refractivity contribution in [1.29, 1.82) is 0 Å². The maximum atomic E-state index is 13.0. The first kappa shape index (κ1) is 15.8. The summed E-state index contributed by atoms with van der Waals surface area (Å²) in [6.07, 6.45) is 1.61. The van der Waals surface area contributed by atoms with Crippen LogP contribution in [0.3, 0.4) is 0 Å². The maximum absolute atomic E-state index is 13.0. The van der Waals surface area contributed by atoms with Crippen molar-refractivity contribution in [3.63, 3.8) is 0 Å². The number of amides is 1. The second-order valence-electron chi connectivity index (χ2n) is 5.57. The minimum absolute atomic E-state index is 0.218. The summed E-state index contributed by atoms with van der Waals surface area (Å²) in [5.41, 5.74) is 5.09. The Morgan fingerprint density at radius 1 is 0.875 bits per heavy atom. The molecule has 2 aromatic carbocycles. The smallest absolute Gasteiger partial charge is 0.332 e. The molecular weight excluding hydrogens is 304 g/mol. The van der Waals surface area contributed by atoms with Crippen LogP contribution in [0, 0.1) is 0 Å². The number of anilines is 2. The van der Waals surface area contributed by atoms with E-state index in [1.807, 2.05) is 60.7 Å². The molecular formula is C19H18N2O3. The summed E-state index contributed by atoms with van der Waals surface area (Å²) < 4.78 is 0. The number of nitrogens with one attached hydrogen (secondary N) is 1. The molecule has 0 aromatic heterocycles. The third kappa shape index (κ3) is 3.30. The van der Waals surface area contributed by atoms with Gasteiger partial charge in [0.25, 0.3) is 5.91 Å². The van der Waals surface area contributed by atoms with Crippen molar-refractivity contribution in [3.8, 4) is 0 Å². The summed E-state index contributed by atoms with van der Waals surface area (Å²) in [5.74, 6) is -1.33. The molecule has 0 radical (unpaired) electrons. The van der Waals surface area contributed by atoms with Gasteiger partial charge in [0.15, 0.2) is 0 Å². The number of hydrazine groups is 1. The van der Waals surface area contributed by atoms with Gasteiger partial charge in [-0.2, -0.15) is 0 Å². The van der Waals surface area contributed by atoms with E-state index in [2.05, 4.69) is 5.43 Å². The predicted molar refractivity (Wildman–Crippen MR) is 92.5 cm³/mol. The fourth-order valence-electron chi connectivity index (χ4n) is 2.80. The molecule has 0 heterocycles. The highest BCUT2D eigenvalue weighted by atomic mass is 16.4. The Balaban J connectivity index is 1.97. The van der Waals surface area contributed by atoms with Gasteiger partial charge in [-0.3, -0.25) is 10.2 Å². The quantitative estimate of drug-likeness (QED) is 0.825. The number of benzene rings is 2. The molecule has 5 heteroatoms. The fraction of sp³-hybridized carbons (Fsp3) is 0.158. The SMILES string of the molecule is O=C(O)C1=C(C(=O)N(Nc2ccccc2)c2ccccc2)CCC1. The van der Waals surface area contributed by atoms with Crippen LogP contribution in [0.15, 0.2) is 71.8 Å². The predicted octanol–water partition coefficient (Wildman–Crippen LogP) is 3.61. The highest BCUT2D eigenvalue weighted by Crippen LogP contribution is 2.29. The van der Waals surface area contributed by atoms with Gasteiger partial charge in [0.05, 0.1) is 11.4 Å². The summed E-state index contributed by atoms with van der Waals surface area (Å²) in [6, 6.07) is 18.5. The van der Waals surface area contributed by atoms with E-state index in [-0.39, 0.29) is 11.5 Å². The van der Waals surface area contributed by atoms with Crippen molar-refractivity contribution < 1.29 is 14.7 Å². The molecule has 0 unspecified atom stereocenters. The molecule has 2 aromatic rings. The van der Waals surface area contributed by atoms with Crippen molar-refractivity contribution in [2.75, 3.05) is 10.4 Å². The third-order valence-corrected chi connectivity index (χ3v) is 3.97. The zero-order valence-electron chi connectivity index (χ0n) is 13.1. The van der Waals surface area contributed by atoms with Crippen molar-refractivity contribution >= 4 is 23.3 Å². The third-order valence-electron chi connectivity index (χ3n) is 3.97. The number of para-hydroxylation sites is 2. The standard InChI is InChI=1S/C19H18N2O3/c22-18(16-12-7-13-17(16)19(23)24)21(15-10-5-2-6-11-15)20-14-8-3-1-4-9-14/h1-6,8-11,20H,7,12-13H2,(H,23,24). The fourth-order valence-corrected chi connectivity index (χ4v) is 2.80. The van der Waals surface area contributed by atoms with Gasteiger partial charge in [-0.1, -0.05) is 36.4 Å². The number of carboxylic acid groups (broad SMARTS) is 1. The summed E-state index contributed by atoms with van der Waals surface area (Å²) >= 11 is 0. The molecule has 2 N–H and O–H groups in total. The van der Waals surface area contributed by atoms with E-state index >= 15 is 0 Å². The summed E-state index contributed by atoms with van der Waals surface area (Å²) in [6.45, 7) is 0. The largest absolute Gasteiger partial charge is 0.478 e. The van der Waals surface area contributed by atoms with Crippen LogP contribution in [0.5, 0.6) is 0 Å². The van der Waals surface area contributed by atoms with Gasteiger partial charge in [-0.05, 0) is 43.5 Å². The minimum atomic E-state index is -1.01. The minimum Gasteiger partial charge on any atom is -0.478 e. The average molecular weight is 322 g/mol. The molecule has 0 spiro atoms. The van der Waals surface area contributed by atoms with E-state index < -0.39 is 5.97 Å². The molecule has 0 atom stereocenters. The van der Waals surface area contributed by atoms with Crippen LogP contribution < -0.4 is 10.4 Å². The van der Waals surface area contributed by atoms with Crippen molar-refractivity contribution in [1.82, 2.24) is 0 Å². The molecule has 1 aliphatic carbocycles. The molecule has 0 bridgehead atoms. The Bertz CT molecular complexity index is 770. The highest BCUT2D eigenvalue weighted by Gasteiger charge is 2.29. The Hall–Kier alpha value is -3.08. The van der Waals surface area contributed by atoms with Crippen molar-refractivity contribution in [2.45, 2.75) is 19.3 Å². The lowest BCUT2D eigenvalue weighted by molar-refractivity contribution is -0.133. The topological polar surface area (TPSA) is 69.6 Å². The maximum Gasteiger partial charge on any atom is 0.332 e. The zero-order chi connectivity index (χ0) is 16.9. The van der Waals surface area contributed by atoms with Gasteiger partial charge < -0.3 is 5.11 Å². The molecule has 1 aliphatic rings. The van der Waals surface area contributed by atoms with Gasteiger partial charge in [0.1, 0.15) is 0 Å². The normalized spacial score (nSPS) is 13.7. The van der Waals surface area contributed by atoms with Crippen molar-refractivity contribution in [2.24, 2.45) is 0 Å². The van der Waals surface area contributed by atoms with Crippen LogP contribution in [0.2, 0.25) is 0 Å². The number of carbonyl (C=O) groups is 2. The molecule has 0 aliphatic heterocycles. The molecule has 3 rings (SSSR count). The number of carboxylic acids is 1. The Kier molecular flexibility index (Phi) is 4.61. The first-order chi connectivity index (χ1) is 11.7. The van der Waals surface area contributed by atoms with Gasteiger partial charge >= 0.3 is 5.97 Å². The van der Waals surface area contributed by atoms with Crippen LogP contribution in [0.25, 0.3) is 0 Å². The van der Waals surface area contributed by atoms with Crippen LogP contribution in [0.4, 0.5) is 11.4 Å². The lowest BCUT2D eigenvalue weighted by Crippen LogP contribution is -2.37. The van der Waals surface area contributed by atoms with Crippen LogP contribution >= 0.6 is 0 Å². The van der Waals surface area contributed by atoms with Gasteiger partial charge in [-0.15, -0.1) is 0 Å². The summed E-state index contributed by atoms with van der Waals surface area (Å²) in [5, 5.41) is 10.7. The van der Waals surface area contributed by atoms with Crippen LogP contribution in [0.1, 0.15) is 19.3 Å². The van der Waals surface area contributed by atoms with Crippen molar-refractivity contribution in [3.05, 3.63) is 71.8 Å². The number of hydrogen-bond donors (Lipinski definition) is 2.